The maximum Gasteiger partial charge on any atom is 0.246 e. The molecule has 2 aromatic rings. The topological polar surface area (TPSA) is 74.3 Å². The van der Waals surface area contributed by atoms with Crippen molar-refractivity contribution in [3.05, 3.63) is 53.6 Å². The molecule has 2 aliphatic heterocycles. The SMILES string of the molecule is COc1ccc(C=CC(=O)N2CCC(C(=O)c3ccc4c(c3)OCCO4)CC2)c(OC)c1. The summed E-state index contributed by atoms with van der Waals surface area (Å²) < 4.78 is 21.7. The summed E-state index contributed by atoms with van der Waals surface area (Å²) >= 11 is 0. The zero-order chi connectivity index (χ0) is 22.5. The van der Waals surface area contributed by atoms with E-state index in [9.17, 15) is 9.59 Å². The molecule has 0 unspecified atom stereocenters. The van der Waals surface area contributed by atoms with Crippen LogP contribution in [0, 0.1) is 5.92 Å². The molecule has 0 N–H and O–H groups in total. The lowest BCUT2D eigenvalue weighted by Gasteiger charge is -2.30. The van der Waals surface area contributed by atoms with E-state index in [0.717, 1.165) is 5.56 Å². The monoisotopic (exact) mass is 437 g/mol. The number of rotatable bonds is 6. The third-order valence-corrected chi connectivity index (χ3v) is 5.85. The maximum absolute atomic E-state index is 13.0. The molecule has 1 amide bonds. The van der Waals surface area contributed by atoms with Gasteiger partial charge in [-0.1, -0.05) is 0 Å². The van der Waals surface area contributed by atoms with Crippen molar-refractivity contribution in [2.75, 3.05) is 40.5 Å². The highest BCUT2D eigenvalue weighted by atomic mass is 16.6. The van der Waals surface area contributed by atoms with Gasteiger partial charge in [0.1, 0.15) is 24.7 Å². The molecule has 0 atom stereocenters. The highest BCUT2D eigenvalue weighted by molar-refractivity contribution is 5.99. The number of carbonyl (C=O) groups excluding carboxylic acids is 2. The second-order valence-electron chi connectivity index (χ2n) is 7.76. The van der Waals surface area contributed by atoms with Crippen molar-refractivity contribution in [2.24, 2.45) is 5.92 Å². The van der Waals surface area contributed by atoms with Gasteiger partial charge in [0.05, 0.1) is 14.2 Å². The molecule has 4 rings (SSSR count). The van der Waals surface area contributed by atoms with Crippen LogP contribution in [0.5, 0.6) is 23.0 Å². The highest BCUT2D eigenvalue weighted by Gasteiger charge is 2.28. The number of Topliss-reactive ketones (excluding diaryl/α,β-unsaturated/α-hetero) is 1. The normalized spacial score (nSPS) is 16.1. The van der Waals surface area contributed by atoms with Crippen LogP contribution in [0.3, 0.4) is 0 Å². The molecule has 0 aromatic heterocycles. The summed E-state index contributed by atoms with van der Waals surface area (Å²) in [5, 5.41) is 0. The number of hydrogen-bond donors (Lipinski definition) is 0. The minimum Gasteiger partial charge on any atom is -0.497 e. The summed E-state index contributed by atoms with van der Waals surface area (Å²) in [6, 6.07) is 10.8. The van der Waals surface area contributed by atoms with Gasteiger partial charge in [0.15, 0.2) is 17.3 Å². The van der Waals surface area contributed by atoms with Gasteiger partial charge in [0, 0.05) is 42.3 Å². The minimum atomic E-state index is -0.104. The van der Waals surface area contributed by atoms with Crippen molar-refractivity contribution >= 4 is 17.8 Å². The van der Waals surface area contributed by atoms with Gasteiger partial charge in [0.25, 0.3) is 0 Å². The van der Waals surface area contributed by atoms with Crippen LogP contribution in [0.4, 0.5) is 0 Å². The van der Waals surface area contributed by atoms with Crippen LogP contribution in [-0.2, 0) is 4.79 Å². The van der Waals surface area contributed by atoms with Gasteiger partial charge in [-0.05, 0) is 49.2 Å². The van der Waals surface area contributed by atoms with E-state index in [4.69, 9.17) is 18.9 Å². The lowest BCUT2D eigenvalue weighted by atomic mass is 9.88. The number of amides is 1. The molecule has 7 nitrogen and oxygen atoms in total. The molecule has 0 saturated carbocycles. The fraction of sp³-hybridized carbons (Fsp3) is 0.360. The summed E-state index contributed by atoms with van der Waals surface area (Å²) in [5.41, 5.74) is 1.43. The van der Waals surface area contributed by atoms with Gasteiger partial charge in [-0.25, -0.2) is 0 Å². The van der Waals surface area contributed by atoms with E-state index in [-0.39, 0.29) is 17.6 Å². The molecule has 32 heavy (non-hydrogen) atoms. The van der Waals surface area contributed by atoms with Gasteiger partial charge < -0.3 is 23.8 Å². The third-order valence-electron chi connectivity index (χ3n) is 5.85. The number of ketones is 1. The van der Waals surface area contributed by atoms with Crippen molar-refractivity contribution < 1.29 is 28.5 Å². The predicted molar refractivity (Wildman–Crippen MR) is 120 cm³/mol. The molecule has 2 aliphatic rings. The van der Waals surface area contributed by atoms with Crippen molar-refractivity contribution in [1.82, 2.24) is 4.90 Å². The Morgan fingerprint density at radius 2 is 1.72 bits per heavy atom. The molecule has 2 heterocycles. The van der Waals surface area contributed by atoms with Crippen LogP contribution >= 0.6 is 0 Å². The van der Waals surface area contributed by atoms with E-state index in [2.05, 4.69) is 0 Å². The van der Waals surface area contributed by atoms with Crippen LogP contribution in [0.2, 0.25) is 0 Å². The van der Waals surface area contributed by atoms with Crippen molar-refractivity contribution in [1.29, 1.82) is 0 Å². The van der Waals surface area contributed by atoms with Gasteiger partial charge in [-0.3, -0.25) is 9.59 Å². The highest BCUT2D eigenvalue weighted by Crippen LogP contribution is 2.32. The summed E-state index contributed by atoms with van der Waals surface area (Å²) in [6.45, 7) is 2.10. The Kier molecular flexibility index (Phi) is 6.63. The molecule has 1 saturated heterocycles. The van der Waals surface area contributed by atoms with Crippen LogP contribution in [0.25, 0.3) is 6.08 Å². The largest absolute Gasteiger partial charge is 0.497 e. The van der Waals surface area contributed by atoms with E-state index < -0.39 is 0 Å². The van der Waals surface area contributed by atoms with Gasteiger partial charge >= 0.3 is 0 Å². The van der Waals surface area contributed by atoms with Crippen LogP contribution in [0.15, 0.2) is 42.5 Å². The maximum atomic E-state index is 13.0. The third kappa shape index (κ3) is 4.72. The average Bonchev–Trinajstić information content (AvgIpc) is 2.86. The van der Waals surface area contributed by atoms with E-state index in [1.807, 2.05) is 12.1 Å². The number of likely N-dealkylation sites (tertiary alicyclic amines) is 1. The first kappa shape index (κ1) is 21.7. The average molecular weight is 437 g/mol. The van der Waals surface area contributed by atoms with Crippen LogP contribution < -0.4 is 18.9 Å². The molecule has 168 valence electrons. The van der Waals surface area contributed by atoms with E-state index in [1.54, 1.807) is 55.5 Å². The first-order valence-electron chi connectivity index (χ1n) is 10.7. The Hall–Kier alpha value is -3.48. The molecule has 1 fully saturated rings. The fourth-order valence-electron chi connectivity index (χ4n) is 4.02. The molecule has 7 heteroatoms. The number of fused-ring (bicyclic) bond motifs is 1. The molecule has 0 spiro atoms. The van der Waals surface area contributed by atoms with E-state index in [1.165, 1.54) is 0 Å². The number of hydrogen-bond acceptors (Lipinski definition) is 6. The molecule has 0 aliphatic carbocycles. The number of methoxy groups -OCH3 is 2. The first-order valence-corrected chi connectivity index (χ1v) is 10.7. The zero-order valence-corrected chi connectivity index (χ0v) is 18.3. The molecule has 0 bridgehead atoms. The Bertz CT molecular complexity index is 1020. The Labute approximate surface area is 187 Å². The quantitative estimate of drug-likeness (QED) is 0.508. The van der Waals surface area contributed by atoms with Crippen molar-refractivity contribution in [3.8, 4) is 23.0 Å². The smallest absolute Gasteiger partial charge is 0.246 e. The van der Waals surface area contributed by atoms with Gasteiger partial charge in [-0.2, -0.15) is 0 Å². The number of benzene rings is 2. The molecule has 2 aromatic carbocycles. The Morgan fingerprint density at radius 3 is 2.44 bits per heavy atom. The number of carbonyl (C=O) groups is 2. The summed E-state index contributed by atoms with van der Waals surface area (Å²) in [7, 11) is 3.17. The molecular formula is C25H27NO6. The number of piperidine rings is 1. The van der Waals surface area contributed by atoms with Crippen molar-refractivity contribution in [3.63, 3.8) is 0 Å². The standard InChI is InChI=1S/C25H27NO6/c1-29-20-6-3-17(22(16-20)30-2)5-8-24(27)26-11-9-18(10-12-26)25(28)19-4-7-21-23(15-19)32-14-13-31-21/h3-8,15-16,18H,9-14H2,1-2H3. The van der Waals surface area contributed by atoms with Gasteiger partial charge in [-0.15, -0.1) is 0 Å². The molecular weight excluding hydrogens is 410 g/mol. The summed E-state index contributed by atoms with van der Waals surface area (Å²) in [5.74, 6) is 2.53. The summed E-state index contributed by atoms with van der Waals surface area (Å²) in [4.78, 5) is 27.4. The number of ether oxygens (including phenoxy) is 4. The molecule has 0 radical (unpaired) electrons. The minimum absolute atomic E-state index is 0.0758. The summed E-state index contributed by atoms with van der Waals surface area (Å²) in [6.07, 6.45) is 4.57. The Morgan fingerprint density at radius 1 is 0.969 bits per heavy atom. The van der Waals surface area contributed by atoms with Crippen molar-refractivity contribution in [2.45, 2.75) is 12.8 Å². The fourth-order valence-corrected chi connectivity index (χ4v) is 4.02. The lowest BCUT2D eigenvalue weighted by molar-refractivity contribution is -0.127. The second kappa shape index (κ2) is 9.77. The van der Waals surface area contributed by atoms with Crippen LogP contribution in [-0.4, -0.2) is 57.1 Å². The zero-order valence-electron chi connectivity index (χ0n) is 18.3. The van der Waals surface area contributed by atoms with Crippen LogP contribution in [0.1, 0.15) is 28.8 Å². The lowest BCUT2D eigenvalue weighted by Crippen LogP contribution is -2.39. The number of nitrogens with zero attached hydrogens (tertiary/aromatic N) is 1. The van der Waals surface area contributed by atoms with Gasteiger partial charge in [0.2, 0.25) is 5.91 Å². The Balaban J connectivity index is 1.35. The second-order valence-corrected chi connectivity index (χ2v) is 7.76. The van der Waals surface area contributed by atoms with E-state index >= 15 is 0 Å². The first-order chi connectivity index (χ1) is 15.6. The van der Waals surface area contributed by atoms with E-state index in [0.29, 0.717) is 67.7 Å². The predicted octanol–water partition coefficient (Wildman–Crippen LogP) is 3.61.